The van der Waals surface area contributed by atoms with Crippen LogP contribution < -0.4 is 0 Å². The molecule has 2 aliphatic rings. The molecule has 0 N–H and O–H groups in total. The van der Waals surface area contributed by atoms with Gasteiger partial charge in [-0.1, -0.05) is 0 Å². The van der Waals surface area contributed by atoms with Crippen molar-refractivity contribution in [2.75, 3.05) is 28.4 Å². The number of carbonyl (C=O) groups excluding carboxylic acids is 4. The number of hydrogen-bond donors (Lipinski definition) is 0. The Morgan fingerprint density at radius 1 is 0.500 bits per heavy atom. The molecule has 0 bridgehead atoms. The number of rotatable bonds is 5. The third-order valence-corrected chi connectivity index (χ3v) is 6.46. The van der Waals surface area contributed by atoms with Crippen molar-refractivity contribution < 1.29 is 38.1 Å². The zero-order chi connectivity index (χ0) is 20.8. The van der Waals surface area contributed by atoms with E-state index in [1.807, 2.05) is 0 Å². The van der Waals surface area contributed by atoms with E-state index in [1.54, 1.807) is 0 Å². The summed E-state index contributed by atoms with van der Waals surface area (Å²) in [6, 6.07) is 0. The number of methoxy groups -OCH3 is 4. The number of carbonyl (C=O) groups is 4. The molecule has 2 aliphatic carbocycles. The van der Waals surface area contributed by atoms with E-state index in [-0.39, 0.29) is 11.8 Å². The van der Waals surface area contributed by atoms with Crippen LogP contribution >= 0.6 is 0 Å². The van der Waals surface area contributed by atoms with Crippen LogP contribution in [0.25, 0.3) is 0 Å². The maximum Gasteiger partial charge on any atom is 0.309 e. The van der Waals surface area contributed by atoms with Gasteiger partial charge in [0.2, 0.25) is 0 Å². The molecule has 0 aromatic carbocycles. The minimum atomic E-state index is -0.550. The Kier molecular flexibility index (Phi) is 7.83. The summed E-state index contributed by atoms with van der Waals surface area (Å²) in [5.74, 6) is -3.39. The van der Waals surface area contributed by atoms with E-state index in [1.165, 1.54) is 28.4 Å². The van der Waals surface area contributed by atoms with Crippen LogP contribution in [0.2, 0.25) is 0 Å². The zero-order valence-corrected chi connectivity index (χ0v) is 17.0. The van der Waals surface area contributed by atoms with Crippen molar-refractivity contribution in [2.24, 2.45) is 35.5 Å². The van der Waals surface area contributed by atoms with Gasteiger partial charge in [0.1, 0.15) is 0 Å². The maximum absolute atomic E-state index is 12.3. The fourth-order valence-corrected chi connectivity index (χ4v) is 4.95. The third-order valence-electron chi connectivity index (χ3n) is 6.46. The van der Waals surface area contributed by atoms with E-state index in [0.29, 0.717) is 25.7 Å². The van der Waals surface area contributed by atoms with Crippen molar-refractivity contribution in [1.29, 1.82) is 0 Å². The Balaban J connectivity index is 2.14. The van der Waals surface area contributed by atoms with Crippen LogP contribution in [0, 0.1) is 35.5 Å². The van der Waals surface area contributed by atoms with Gasteiger partial charge in [0.05, 0.1) is 52.1 Å². The van der Waals surface area contributed by atoms with Gasteiger partial charge in [-0.05, 0) is 50.4 Å². The molecular weight excluding hydrogens is 368 g/mol. The van der Waals surface area contributed by atoms with Gasteiger partial charge >= 0.3 is 23.9 Å². The molecule has 6 atom stereocenters. The van der Waals surface area contributed by atoms with Crippen molar-refractivity contribution in [3.05, 3.63) is 0 Å². The lowest BCUT2D eigenvalue weighted by molar-refractivity contribution is -0.163. The van der Waals surface area contributed by atoms with Crippen molar-refractivity contribution in [1.82, 2.24) is 0 Å². The van der Waals surface area contributed by atoms with Gasteiger partial charge in [-0.3, -0.25) is 19.2 Å². The first kappa shape index (κ1) is 22.2. The highest BCUT2D eigenvalue weighted by atomic mass is 16.5. The lowest BCUT2D eigenvalue weighted by atomic mass is 9.63. The summed E-state index contributed by atoms with van der Waals surface area (Å²) in [6.07, 6.45) is 3.61. The number of ether oxygens (including phenoxy) is 4. The van der Waals surface area contributed by atoms with Crippen LogP contribution in [0.4, 0.5) is 0 Å². The fourth-order valence-electron chi connectivity index (χ4n) is 4.95. The molecule has 2 fully saturated rings. The Morgan fingerprint density at radius 3 is 1.07 bits per heavy atom. The summed E-state index contributed by atoms with van der Waals surface area (Å²) in [4.78, 5) is 48.7. The largest absolute Gasteiger partial charge is 0.469 e. The van der Waals surface area contributed by atoms with E-state index in [2.05, 4.69) is 0 Å². The Bertz CT molecular complexity index is 549. The molecule has 0 aromatic heterocycles. The van der Waals surface area contributed by atoms with Crippen LogP contribution in [0.5, 0.6) is 0 Å². The van der Waals surface area contributed by atoms with Gasteiger partial charge in [-0.2, -0.15) is 0 Å². The molecule has 0 aromatic rings. The van der Waals surface area contributed by atoms with Crippen LogP contribution in [-0.2, 0) is 38.1 Å². The molecule has 0 radical (unpaired) electrons. The predicted octanol–water partition coefficient (Wildman–Crippen LogP) is 1.74. The molecule has 0 amide bonds. The van der Waals surface area contributed by atoms with E-state index >= 15 is 0 Å². The minimum absolute atomic E-state index is 0.163. The molecule has 0 aliphatic heterocycles. The molecule has 6 unspecified atom stereocenters. The van der Waals surface area contributed by atoms with Crippen LogP contribution in [0.15, 0.2) is 0 Å². The van der Waals surface area contributed by atoms with Gasteiger partial charge in [0, 0.05) is 0 Å². The van der Waals surface area contributed by atoms with Crippen molar-refractivity contribution >= 4 is 23.9 Å². The summed E-state index contributed by atoms with van der Waals surface area (Å²) in [5, 5.41) is 0. The molecule has 0 spiro atoms. The average Bonchev–Trinajstić information content (AvgIpc) is 2.75. The quantitative estimate of drug-likeness (QED) is 0.509. The lowest BCUT2D eigenvalue weighted by Gasteiger charge is -2.41. The van der Waals surface area contributed by atoms with E-state index < -0.39 is 47.5 Å². The summed E-state index contributed by atoms with van der Waals surface area (Å²) in [7, 11) is 5.26. The second kappa shape index (κ2) is 9.89. The first-order valence-electron chi connectivity index (χ1n) is 9.69. The van der Waals surface area contributed by atoms with Crippen LogP contribution in [-0.4, -0.2) is 52.3 Å². The second-order valence-electron chi connectivity index (χ2n) is 7.66. The summed E-state index contributed by atoms with van der Waals surface area (Å²) in [5.41, 5.74) is 0. The highest BCUT2D eigenvalue weighted by Crippen LogP contribution is 2.46. The minimum Gasteiger partial charge on any atom is -0.469 e. The third kappa shape index (κ3) is 4.64. The summed E-state index contributed by atoms with van der Waals surface area (Å²) >= 11 is 0. The SMILES string of the molecule is COC(=O)C1CCC(C2CCC(C(=O)OC)C(C(=O)OC)C2)CC1C(=O)OC. The van der Waals surface area contributed by atoms with E-state index in [9.17, 15) is 19.2 Å². The number of esters is 4. The fraction of sp³-hybridized carbons (Fsp3) is 0.800. The van der Waals surface area contributed by atoms with Gasteiger partial charge in [0.25, 0.3) is 0 Å². The van der Waals surface area contributed by atoms with Crippen LogP contribution in [0.1, 0.15) is 38.5 Å². The Hall–Kier alpha value is -2.12. The first-order chi connectivity index (χ1) is 13.4. The van der Waals surface area contributed by atoms with E-state index in [4.69, 9.17) is 18.9 Å². The normalized spacial score (nSPS) is 32.7. The summed E-state index contributed by atoms with van der Waals surface area (Å²) < 4.78 is 19.5. The van der Waals surface area contributed by atoms with Gasteiger partial charge in [0.15, 0.2) is 0 Å². The van der Waals surface area contributed by atoms with Gasteiger partial charge in [-0.15, -0.1) is 0 Å². The first-order valence-corrected chi connectivity index (χ1v) is 9.69. The zero-order valence-electron chi connectivity index (χ0n) is 17.0. The predicted molar refractivity (Wildman–Crippen MR) is 96.7 cm³/mol. The van der Waals surface area contributed by atoms with Gasteiger partial charge in [-0.25, -0.2) is 0 Å². The highest BCUT2D eigenvalue weighted by Gasteiger charge is 2.47. The molecule has 2 rings (SSSR count). The molecule has 8 nitrogen and oxygen atoms in total. The molecule has 0 heterocycles. The second-order valence-corrected chi connectivity index (χ2v) is 7.66. The smallest absolute Gasteiger partial charge is 0.309 e. The average molecular weight is 398 g/mol. The van der Waals surface area contributed by atoms with E-state index in [0.717, 1.165) is 12.8 Å². The number of hydrogen-bond acceptors (Lipinski definition) is 8. The van der Waals surface area contributed by atoms with Crippen molar-refractivity contribution in [2.45, 2.75) is 38.5 Å². The molecule has 158 valence electrons. The summed E-state index contributed by atoms with van der Waals surface area (Å²) in [6.45, 7) is 0. The molecular formula is C20H30O8. The topological polar surface area (TPSA) is 105 Å². The highest BCUT2D eigenvalue weighted by molar-refractivity contribution is 5.83. The monoisotopic (exact) mass is 398 g/mol. The van der Waals surface area contributed by atoms with Crippen LogP contribution in [0.3, 0.4) is 0 Å². The lowest BCUT2D eigenvalue weighted by Crippen LogP contribution is -2.42. The molecule has 28 heavy (non-hydrogen) atoms. The molecule has 8 heteroatoms. The van der Waals surface area contributed by atoms with Gasteiger partial charge < -0.3 is 18.9 Å². The molecule has 0 saturated heterocycles. The molecule has 2 saturated carbocycles. The Morgan fingerprint density at radius 2 is 0.786 bits per heavy atom. The van der Waals surface area contributed by atoms with Crippen molar-refractivity contribution in [3.63, 3.8) is 0 Å². The Labute approximate surface area is 165 Å². The maximum atomic E-state index is 12.3. The van der Waals surface area contributed by atoms with Crippen molar-refractivity contribution in [3.8, 4) is 0 Å². The standard InChI is InChI=1S/C20H30O8/c1-25-17(21)13-7-5-11(9-15(13)19(23)27-3)12-6-8-14(18(22)26-2)16(10-12)20(24)28-4/h11-16H,5-10H2,1-4H3.